The lowest BCUT2D eigenvalue weighted by molar-refractivity contribution is -0.169. The molecule has 0 aliphatic carbocycles. The molecule has 11 nitrogen and oxygen atoms in total. The van der Waals surface area contributed by atoms with Gasteiger partial charge in [0.1, 0.15) is 12.0 Å². The van der Waals surface area contributed by atoms with Crippen molar-refractivity contribution in [1.82, 2.24) is 19.9 Å². The molecule has 0 spiro atoms. The van der Waals surface area contributed by atoms with Gasteiger partial charge in [0.25, 0.3) is 5.60 Å². The number of H-pyrrole nitrogens is 2. The minimum absolute atomic E-state index is 0.0328. The molecule has 0 saturated heterocycles. The van der Waals surface area contributed by atoms with Crippen LogP contribution in [0.4, 0.5) is 0 Å². The third-order valence-corrected chi connectivity index (χ3v) is 7.68. The van der Waals surface area contributed by atoms with Gasteiger partial charge < -0.3 is 29.3 Å². The van der Waals surface area contributed by atoms with E-state index in [0.717, 1.165) is 29.8 Å². The molecule has 0 fully saturated rings. The minimum Gasteiger partial charge on any atom is -0.501 e. The number of aromatic nitrogens is 4. The van der Waals surface area contributed by atoms with Gasteiger partial charge in [0.05, 0.1) is 46.4 Å². The number of hydrogen-bond acceptors (Lipinski definition) is 11. The van der Waals surface area contributed by atoms with Crippen LogP contribution in [0.15, 0.2) is 57.4 Å². The van der Waals surface area contributed by atoms with E-state index in [2.05, 4.69) is 19.9 Å². The van der Waals surface area contributed by atoms with Crippen LogP contribution in [0.3, 0.4) is 0 Å². The highest BCUT2D eigenvalue weighted by atomic mass is 32.2. The standard InChI is InChI=1S/C24H20N4O7S2/c1-3-34-21(32)24(11-36-22-25-14-6-4-12(10-29)8-16(14)27-22)19(18(30)20(31)35-24)37-23-26-15-7-5-13(33-2)9-17(15)28-23/h4-10,30H,3,11H2,1-2H3,(H,25,27)(H,26,28). The Morgan fingerprint density at radius 2 is 1.84 bits per heavy atom. The molecule has 0 bridgehead atoms. The number of aromatic amines is 2. The molecule has 1 unspecified atom stereocenters. The van der Waals surface area contributed by atoms with Crippen LogP contribution < -0.4 is 4.74 Å². The molecule has 4 aromatic rings. The Labute approximate surface area is 218 Å². The first-order valence-corrected chi connectivity index (χ1v) is 12.8. The molecule has 0 amide bonds. The number of aliphatic hydroxyl groups excluding tert-OH is 1. The number of imidazole rings is 2. The van der Waals surface area contributed by atoms with E-state index in [0.29, 0.717) is 43.7 Å². The SMILES string of the molecule is CCOC(=O)C1(CSc2nc3cc(C=O)ccc3[nH]2)OC(=O)C(O)=C1Sc1nc2cc(OC)ccc2[nH]1. The molecule has 1 atom stereocenters. The number of aliphatic hydroxyl groups is 1. The summed E-state index contributed by atoms with van der Waals surface area (Å²) in [6.07, 6.45) is 0.722. The predicted molar refractivity (Wildman–Crippen MR) is 136 cm³/mol. The van der Waals surface area contributed by atoms with Crippen LogP contribution in [0.2, 0.25) is 0 Å². The van der Waals surface area contributed by atoms with Crippen molar-refractivity contribution in [2.45, 2.75) is 22.8 Å². The van der Waals surface area contributed by atoms with Crippen molar-refractivity contribution in [2.24, 2.45) is 0 Å². The maximum atomic E-state index is 13.2. The third-order valence-electron chi connectivity index (χ3n) is 5.55. The van der Waals surface area contributed by atoms with E-state index >= 15 is 0 Å². The average molecular weight is 541 g/mol. The Balaban J connectivity index is 1.48. The maximum Gasteiger partial charge on any atom is 0.375 e. The van der Waals surface area contributed by atoms with Gasteiger partial charge in [-0.2, -0.15) is 0 Å². The number of nitrogens with zero attached hydrogens (tertiary/aromatic N) is 2. The van der Waals surface area contributed by atoms with Crippen LogP contribution in [0, 0.1) is 0 Å². The van der Waals surface area contributed by atoms with Crippen molar-refractivity contribution in [2.75, 3.05) is 19.5 Å². The predicted octanol–water partition coefficient (Wildman–Crippen LogP) is 3.77. The van der Waals surface area contributed by atoms with Crippen LogP contribution in [0.25, 0.3) is 22.1 Å². The van der Waals surface area contributed by atoms with Gasteiger partial charge in [-0.1, -0.05) is 11.8 Å². The molecule has 1 aliphatic rings. The zero-order valence-corrected chi connectivity index (χ0v) is 21.2. The molecule has 0 saturated carbocycles. The quantitative estimate of drug-likeness (QED) is 0.161. The number of carbonyl (C=O) groups excluding carboxylic acids is 3. The Morgan fingerprint density at radius 1 is 1.14 bits per heavy atom. The molecular weight excluding hydrogens is 520 g/mol. The van der Waals surface area contributed by atoms with E-state index < -0.39 is 23.3 Å². The van der Waals surface area contributed by atoms with E-state index in [1.54, 1.807) is 50.4 Å². The summed E-state index contributed by atoms with van der Waals surface area (Å²) in [5.74, 6) is -2.11. The zero-order valence-electron chi connectivity index (χ0n) is 19.6. The summed E-state index contributed by atoms with van der Waals surface area (Å²) in [6, 6.07) is 10.3. The van der Waals surface area contributed by atoms with E-state index in [1.165, 1.54) is 0 Å². The maximum absolute atomic E-state index is 13.2. The molecule has 0 radical (unpaired) electrons. The van der Waals surface area contributed by atoms with Gasteiger partial charge in [0, 0.05) is 11.6 Å². The van der Waals surface area contributed by atoms with Gasteiger partial charge in [-0.05, 0) is 49.0 Å². The van der Waals surface area contributed by atoms with Gasteiger partial charge in [-0.15, -0.1) is 0 Å². The van der Waals surface area contributed by atoms with Crippen molar-refractivity contribution in [3.05, 3.63) is 52.6 Å². The molecular formula is C24H20N4O7S2. The van der Waals surface area contributed by atoms with E-state index in [-0.39, 0.29) is 17.3 Å². The number of benzene rings is 2. The summed E-state index contributed by atoms with van der Waals surface area (Å²) in [6.45, 7) is 1.66. The highest BCUT2D eigenvalue weighted by molar-refractivity contribution is 8.03. The van der Waals surface area contributed by atoms with Crippen LogP contribution in [-0.4, -0.2) is 68.3 Å². The van der Waals surface area contributed by atoms with Gasteiger partial charge in [0.2, 0.25) is 5.76 Å². The molecule has 1 aliphatic heterocycles. The lowest BCUT2D eigenvalue weighted by Gasteiger charge is -2.26. The van der Waals surface area contributed by atoms with Gasteiger partial charge >= 0.3 is 11.9 Å². The number of cyclic esters (lactones) is 1. The van der Waals surface area contributed by atoms with Crippen LogP contribution in [0.5, 0.6) is 5.75 Å². The Kier molecular flexibility index (Phi) is 6.56. The Bertz CT molecular complexity index is 1580. The van der Waals surface area contributed by atoms with Gasteiger partial charge in [-0.3, -0.25) is 4.79 Å². The first kappa shape index (κ1) is 24.7. The summed E-state index contributed by atoms with van der Waals surface area (Å²) >= 11 is 2.00. The lowest BCUT2D eigenvalue weighted by atomic mass is 10.1. The summed E-state index contributed by atoms with van der Waals surface area (Å²) in [4.78, 5) is 51.9. The van der Waals surface area contributed by atoms with E-state index in [4.69, 9.17) is 14.2 Å². The van der Waals surface area contributed by atoms with Gasteiger partial charge in [0.15, 0.2) is 10.3 Å². The number of rotatable bonds is 9. The highest BCUT2D eigenvalue weighted by Gasteiger charge is 2.56. The highest BCUT2D eigenvalue weighted by Crippen LogP contribution is 2.46. The number of methoxy groups -OCH3 is 1. The fraction of sp³-hybridized carbons (Fsp3) is 0.208. The molecule has 190 valence electrons. The number of esters is 2. The monoisotopic (exact) mass is 540 g/mol. The first-order chi connectivity index (χ1) is 17.9. The van der Waals surface area contributed by atoms with Crippen LogP contribution in [0.1, 0.15) is 17.3 Å². The molecule has 3 N–H and O–H groups in total. The van der Waals surface area contributed by atoms with Crippen molar-refractivity contribution in [1.29, 1.82) is 0 Å². The summed E-state index contributed by atoms with van der Waals surface area (Å²) in [7, 11) is 1.54. The van der Waals surface area contributed by atoms with Crippen LogP contribution >= 0.6 is 23.5 Å². The number of carbonyl (C=O) groups is 3. The number of fused-ring (bicyclic) bond motifs is 2. The summed E-state index contributed by atoms with van der Waals surface area (Å²) < 4.78 is 16.0. The van der Waals surface area contributed by atoms with E-state index in [9.17, 15) is 19.5 Å². The van der Waals surface area contributed by atoms with Gasteiger partial charge in [-0.25, -0.2) is 19.6 Å². The zero-order chi connectivity index (χ0) is 26.2. The summed E-state index contributed by atoms with van der Waals surface area (Å²) in [5.41, 5.74) is 1.08. The van der Waals surface area contributed by atoms with Crippen molar-refractivity contribution in [3.8, 4) is 5.75 Å². The first-order valence-electron chi connectivity index (χ1n) is 11.0. The number of nitrogens with one attached hydrogen (secondary N) is 2. The second-order valence-electron chi connectivity index (χ2n) is 7.87. The normalized spacial score (nSPS) is 17.4. The number of ether oxygens (including phenoxy) is 3. The third kappa shape index (κ3) is 4.51. The molecule has 2 aromatic carbocycles. The Hall–Kier alpha value is -3.97. The lowest BCUT2D eigenvalue weighted by Crippen LogP contribution is -2.44. The molecule has 37 heavy (non-hydrogen) atoms. The second kappa shape index (κ2) is 9.82. The summed E-state index contributed by atoms with van der Waals surface area (Å²) in [5, 5.41) is 11.4. The molecule has 3 heterocycles. The smallest absolute Gasteiger partial charge is 0.375 e. The number of thioether (sulfide) groups is 2. The largest absolute Gasteiger partial charge is 0.501 e. The van der Waals surface area contributed by atoms with Crippen molar-refractivity contribution in [3.63, 3.8) is 0 Å². The van der Waals surface area contributed by atoms with E-state index in [1.807, 2.05) is 0 Å². The molecule has 5 rings (SSSR count). The van der Waals surface area contributed by atoms with Crippen LogP contribution in [-0.2, 0) is 19.1 Å². The fourth-order valence-corrected chi connectivity index (χ4v) is 5.89. The second-order valence-corrected chi connectivity index (χ2v) is 9.83. The van der Waals surface area contributed by atoms with Crippen molar-refractivity contribution < 1.29 is 33.7 Å². The molecule has 13 heteroatoms. The Morgan fingerprint density at radius 3 is 2.57 bits per heavy atom. The topological polar surface area (TPSA) is 156 Å². The fourth-order valence-electron chi connectivity index (χ4n) is 3.75. The average Bonchev–Trinajstić information content (AvgIpc) is 3.57. The van der Waals surface area contributed by atoms with Crippen molar-refractivity contribution >= 4 is 63.8 Å². The molecule has 2 aromatic heterocycles. The minimum atomic E-state index is -1.93. The number of hydrogen-bond donors (Lipinski definition) is 3. The number of aldehydes is 1.